The van der Waals surface area contributed by atoms with Gasteiger partial charge in [-0.1, -0.05) is 12.1 Å². The Labute approximate surface area is 183 Å². The van der Waals surface area contributed by atoms with Crippen molar-refractivity contribution in [3.63, 3.8) is 0 Å². The number of ether oxygens (including phenoxy) is 1. The van der Waals surface area contributed by atoms with Crippen LogP contribution in [0.3, 0.4) is 0 Å². The number of methoxy groups -OCH3 is 1. The van der Waals surface area contributed by atoms with Crippen molar-refractivity contribution in [3.05, 3.63) is 47.3 Å². The van der Waals surface area contributed by atoms with E-state index in [4.69, 9.17) is 4.74 Å². The zero-order chi connectivity index (χ0) is 18.2. The van der Waals surface area contributed by atoms with E-state index in [1.54, 1.807) is 7.11 Å². The predicted molar refractivity (Wildman–Crippen MR) is 126 cm³/mol. The molecule has 0 saturated carbocycles. The zero-order valence-corrected chi connectivity index (χ0v) is 19.1. The molecule has 1 aromatic heterocycles. The molecule has 1 aliphatic rings. The number of aliphatic imine (C=N–C) groups is 1. The van der Waals surface area contributed by atoms with Crippen LogP contribution >= 0.6 is 35.3 Å². The summed E-state index contributed by atoms with van der Waals surface area (Å²) in [5, 5.41) is 10.5. The number of guanidine groups is 1. The summed E-state index contributed by atoms with van der Waals surface area (Å²) in [7, 11) is 3.54. The fourth-order valence-electron chi connectivity index (χ4n) is 3.24. The third-order valence-electron chi connectivity index (χ3n) is 4.72. The molecule has 3 rings (SSSR count). The third kappa shape index (κ3) is 6.57. The summed E-state index contributed by atoms with van der Waals surface area (Å²) in [6, 6.07) is 13.0. The Bertz CT molecular complexity index is 700. The van der Waals surface area contributed by atoms with Gasteiger partial charge in [0.05, 0.1) is 12.1 Å². The van der Waals surface area contributed by atoms with Crippen LogP contribution in [0.25, 0.3) is 0 Å². The van der Waals surface area contributed by atoms with Crippen molar-refractivity contribution in [2.75, 3.05) is 38.7 Å². The molecule has 2 aromatic rings. The molecule has 0 amide bonds. The lowest BCUT2D eigenvalue weighted by Crippen LogP contribution is -2.49. The summed E-state index contributed by atoms with van der Waals surface area (Å²) in [6.45, 7) is 3.04. The van der Waals surface area contributed by atoms with Crippen LogP contribution < -0.4 is 20.3 Å². The van der Waals surface area contributed by atoms with Gasteiger partial charge in [-0.05, 0) is 54.5 Å². The molecule has 0 atom stereocenters. The molecule has 2 heterocycles. The van der Waals surface area contributed by atoms with Crippen LogP contribution in [0.2, 0.25) is 0 Å². The molecule has 0 radical (unpaired) electrons. The normalized spacial score (nSPS) is 15.2. The van der Waals surface area contributed by atoms with E-state index in [-0.39, 0.29) is 24.0 Å². The molecular weight excluding hydrogens is 471 g/mol. The molecule has 1 aromatic carbocycles. The van der Waals surface area contributed by atoms with Crippen molar-refractivity contribution in [2.45, 2.75) is 25.3 Å². The second-order valence-electron chi connectivity index (χ2n) is 6.46. The summed E-state index contributed by atoms with van der Waals surface area (Å²) in [5.74, 6) is 1.80. The number of rotatable bonds is 6. The molecule has 0 spiro atoms. The molecule has 2 N–H and O–H groups in total. The fourth-order valence-corrected chi connectivity index (χ4v) is 4.02. The van der Waals surface area contributed by atoms with E-state index in [0.717, 1.165) is 50.6 Å². The maximum Gasteiger partial charge on any atom is 0.191 e. The number of nitrogens with one attached hydrogen (secondary N) is 2. The monoisotopic (exact) mass is 500 g/mol. The van der Waals surface area contributed by atoms with E-state index in [2.05, 4.69) is 50.2 Å². The van der Waals surface area contributed by atoms with Crippen molar-refractivity contribution in [1.82, 2.24) is 10.6 Å². The van der Waals surface area contributed by atoms with Gasteiger partial charge in [0.15, 0.2) is 5.96 Å². The second kappa shape index (κ2) is 11.4. The Kier molecular flexibility index (Phi) is 9.20. The quantitative estimate of drug-likeness (QED) is 0.361. The first-order chi connectivity index (χ1) is 12.8. The van der Waals surface area contributed by atoms with E-state index in [0.29, 0.717) is 6.04 Å². The number of halogens is 1. The zero-order valence-electron chi connectivity index (χ0n) is 16.0. The Morgan fingerprint density at radius 3 is 2.74 bits per heavy atom. The summed E-state index contributed by atoms with van der Waals surface area (Å²) in [4.78, 5) is 6.85. The molecular formula is C20H29IN4OS. The maximum atomic E-state index is 5.28. The molecule has 1 saturated heterocycles. The Morgan fingerprint density at radius 2 is 2.07 bits per heavy atom. The first kappa shape index (κ1) is 21.8. The number of thiophene rings is 1. The molecule has 5 nitrogen and oxygen atoms in total. The van der Waals surface area contributed by atoms with Crippen LogP contribution in [0, 0.1) is 0 Å². The number of nitrogens with zero attached hydrogens (tertiary/aromatic N) is 2. The highest BCUT2D eigenvalue weighted by Crippen LogP contribution is 2.24. The van der Waals surface area contributed by atoms with Gasteiger partial charge in [-0.15, -0.1) is 35.3 Å². The second-order valence-corrected chi connectivity index (χ2v) is 7.38. The minimum Gasteiger partial charge on any atom is -0.497 e. The van der Waals surface area contributed by atoms with E-state index in [1.165, 1.54) is 10.6 Å². The highest BCUT2D eigenvalue weighted by molar-refractivity contribution is 14.0. The lowest BCUT2D eigenvalue weighted by atomic mass is 10.1. The van der Waals surface area contributed by atoms with Gasteiger partial charge in [-0.25, -0.2) is 0 Å². The number of hydrogen-bond donors (Lipinski definition) is 2. The fraction of sp³-hybridized carbons (Fsp3) is 0.450. The number of piperidine rings is 1. The maximum absolute atomic E-state index is 5.28. The SMILES string of the molecule is CN=C(NCCc1cccc(OC)c1)NC1CCN(c2cccs2)CC1.I. The average Bonchev–Trinajstić information content (AvgIpc) is 3.22. The van der Waals surface area contributed by atoms with Crippen molar-refractivity contribution in [1.29, 1.82) is 0 Å². The Hall–Kier alpha value is -1.48. The lowest BCUT2D eigenvalue weighted by Gasteiger charge is -2.33. The van der Waals surface area contributed by atoms with E-state index >= 15 is 0 Å². The van der Waals surface area contributed by atoms with Gasteiger partial charge in [0.25, 0.3) is 0 Å². The molecule has 0 bridgehead atoms. The summed E-state index contributed by atoms with van der Waals surface area (Å²) in [5.41, 5.74) is 1.26. The largest absolute Gasteiger partial charge is 0.497 e. The minimum atomic E-state index is 0. The highest BCUT2D eigenvalue weighted by Gasteiger charge is 2.20. The van der Waals surface area contributed by atoms with Gasteiger partial charge in [-0.3, -0.25) is 4.99 Å². The molecule has 148 valence electrons. The van der Waals surface area contributed by atoms with Gasteiger partial charge < -0.3 is 20.3 Å². The standard InChI is InChI=1S/C20H28N4OS.HI/c1-21-20(22-11-8-16-5-3-6-18(15-16)25-2)23-17-9-12-24(13-10-17)19-7-4-14-26-19;/h3-7,14-15,17H,8-13H2,1-2H3,(H2,21,22,23);1H. The van der Waals surface area contributed by atoms with Gasteiger partial charge in [0.1, 0.15) is 5.75 Å². The number of hydrogen-bond acceptors (Lipinski definition) is 4. The van der Waals surface area contributed by atoms with Crippen LogP contribution in [-0.4, -0.2) is 45.8 Å². The molecule has 27 heavy (non-hydrogen) atoms. The van der Waals surface area contributed by atoms with Gasteiger partial charge in [0.2, 0.25) is 0 Å². The molecule has 1 fully saturated rings. The average molecular weight is 500 g/mol. The molecule has 0 unspecified atom stereocenters. The highest BCUT2D eigenvalue weighted by atomic mass is 127. The van der Waals surface area contributed by atoms with Crippen LogP contribution in [-0.2, 0) is 6.42 Å². The van der Waals surface area contributed by atoms with E-state index < -0.39 is 0 Å². The number of benzene rings is 1. The van der Waals surface area contributed by atoms with Crippen molar-refractivity contribution < 1.29 is 4.74 Å². The Balaban J connectivity index is 0.00000261. The summed E-state index contributed by atoms with van der Waals surface area (Å²) in [6.07, 6.45) is 3.21. The van der Waals surface area contributed by atoms with Gasteiger partial charge >= 0.3 is 0 Å². The Morgan fingerprint density at radius 1 is 1.26 bits per heavy atom. The first-order valence-electron chi connectivity index (χ1n) is 9.17. The predicted octanol–water partition coefficient (Wildman–Crippen LogP) is 3.75. The molecule has 0 aliphatic carbocycles. The summed E-state index contributed by atoms with van der Waals surface area (Å²) < 4.78 is 5.28. The summed E-state index contributed by atoms with van der Waals surface area (Å²) >= 11 is 1.82. The lowest BCUT2D eigenvalue weighted by molar-refractivity contribution is 0.414. The molecule has 7 heteroatoms. The van der Waals surface area contributed by atoms with Crippen LogP contribution in [0.5, 0.6) is 5.75 Å². The van der Waals surface area contributed by atoms with Crippen molar-refractivity contribution in [2.24, 2.45) is 4.99 Å². The minimum absolute atomic E-state index is 0. The third-order valence-corrected chi connectivity index (χ3v) is 5.65. The van der Waals surface area contributed by atoms with E-state index in [1.807, 2.05) is 30.5 Å². The first-order valence-corrected chi connectivity index (χ1v) is 10.0. The number of anilines is 1. The molecule has 1 aliphatic heterocycles. The topological polar surface area (TPSA) is 48.9 Å². The van der Waals surface area contributed by atoms with Gasteiger partial charge in [-0.2, -0.15) is 0 Å². The van der Waals surface area contributed by atoms with Crippen LogP contribution in [0.4, 0.5) is 5.00 Å². The smallest absolute Gasteiger partial charge is 0.191 e. The van der Waals surface area contributed by atoms with E-state index in [9.17, 15) is 0 Å². The van der Waals surface area contributed by atoms with Crippen LogP contribution in [0.1, 0.15) is 18.4 Å². The van der Waals surface area contributed by atoms with Gasteiger partial charge in [0, 0.05) is 32.7 Å². The van der Waals surface area contributed by atoms with Crippen LogP contribution in [0.15, 0.2) is 46.8 Å². The van der Waals surface area contributed by atoms with Crippen molar-refractivity contribution >= 4 is 46.3 Å². The van der Waals surface area contributed by atoms with Crippen molar-refractivity contribution in [3.8, 4) is 5.75 Å².